The third-order valence-electron chi connectivity index (χ3n) is 4.50. The maximum atomic E-state index is 13.0. The first-order valence-corrected chi connectivity index (χ1v) is 10.6. The van der Waals surface area contributed by atoms with Gasteiger partial charge in [-0.15, -0.1) is 0 Å². The maximum absolute atomic E-state index is 13.0. The van der Waals surface area contributed by atoms with Gasteiger partial charge in [0.05, 0.1) is 17.0 Å². The topological polar surface area (TPSA) is 46.6 Å². The summed E-state index contributed by atoms with van der Waals surface area (Å²) < 4.78 is 18.9. The van der Waals surface area contributed by atoms with Crippen LogP contribution < -0.4 is 4.74 Å². The molecule has 0 bridgehead atoms. The lowest BCUT2D eigenvalue weighted by molar-refractivity contribution is -0.122. The molecule has 0 aliphatic carbocycles. The predicted octanol–water partition coefficient (Wildman–Crippen LogP) is 5.45. The van der Waals surface area contributed by atoms with Crippen LogP contribution >= 0.6 is 24.0 Å². The Kier molecular flexibility index (Phi) is 6.25. The first-order chi connectivity index (χ1) is 15.0. The predicted molar refractivity (Wildman–Crippen MR) is 123 cm³/mol. The lowest BCUT2D eigenvalue weighted by Crippen LogP contribution is -2.27. The molecule has 0 spiro atoms. The van der Waals surface area contributed by atoms with Crippen molar-refractivity contribution in [3.63, 3.8) is 0 Å². The van der Waals surface area contributed by atoms with Crippen LogP contribution in [-0.4, -0.2) is 21.1 Å². The molecule has 1 saturated heterocycles. The fourth-order valence-corrected chi connectivity index (χ4v) is 4.23. The number of hydrogen-bond acceptors (Lipinski definition) is 5. The van der Waals surface area contributed by atoms with Crippen molar-refractivity contribution >= 4 is 46.3 Å². The molecule has 7 heteroatoms. The minimum atomic E-state index is -0.591. The number of carbonyl (C=O) groups excluding carboxylic acids is 2. The van der Waals surface area contributed by atoms with E-state index in [4.69, 9.17) is 17.0 Å². The van der Waals surface area contributed by atoms with Gasteiger partial charge in [0.25, 0.3) is 5.91 Å². The third kappa shape index (κ3) is 5.07. The summed E-state index contributed by atoms with van der Waals surface area (Å²) in [5.41, 5.74) is 1.94. The molecule has 0 N–H and O–H groups in total. The third-order valence-corrected chi connectivity index (χ3v) is 5.88. The highest BCUT2D eigenvalue weighted by Gasteiger charge is 2.31. The second-order valence-electron chi connectivity index (χ2n) is 6.72. The lowest BCUT2D eigenvalue weighted by atomic mass is 10.2. The Hall–Kier alpha value is -3.29. The molecule has 4 rings (SSSR count). The Morgan fingerprint density at radius 2 is 1.77 bits per heavy atom. The van der Waals surface area contributed by atoms with Gasteiger partial charge in [-0.05, 0) is 53.6 Å². The maximum Gasteiger partial charge on any atom is 0.343 e. The summed E-state index contributed by atoms with van der Waals surface area (Å²) in [6, 6.07) is 21.6. The first-order valence-electron chi connectivity index (χ1n) is 9.37. The van der Waals surface area contributed by atoms with E-state index in [0.29, 0.717) is 27.1 Å². The van der Waals surface area contributed by atoms with Crippen molar-refractivity contribution in [2.24, 2.45) is 0 Å². The second-order valence-corrected chi connectivity index (χ2v) is 8.40. The summed E-state index contributed by atoms with van der Waals surface area (Å²) in [5, 5.41) is 0. The number of nitrogens with zero attached hydrogens (tertiary/aromatic N) is 1. The van der Waals surface area contributed by atoms with Crippen LogP contribution in [0.4, 0.5) is 4.39 Å². The molecule has 1 aliphatic heterocycles. The van der Waals surface area contributed by atoms with Gasteiger partial charge in [-0.25, -0.2) is 9.18 Å². The summed E-state index contributed by atoms with van der Waals surface area (Å²) >= 11 is 6.63. The van der Waals surface area contributed by atoms with Crippen LogP contribution in [0.3, 0.4) is 0 Å². The molecule has 0 unspecified atom stereocenters. The first kappa shape index (κ1) is 21.0. The highest BCUT2D eigenvalue weighted by Crippen LogP contribution is 2.34. The summed E-state index contributed by atoms with van der Waals surface area (Å²) in [5.74, 6) is -0.857. The van der Waals surface area contributed by atoms with Crippen LogP contribution in [0.1, 0.15) is 21.5 Å². The Bertz CT molecular complexity index is 1180. The SMILES string of the molecule is O=C(Oc1cccc(C=C2SC(=S)N(Cc3ccccc3)C2=O)c1)c1ccc(F)cc1. The molecule has 0 radical (unpaired) electrons. The molecule has 0 atom stereocenters. The highest BCUT2D eigenvalue weighted by molar-refractivity contribution is 8.26. The van der Waals surface area contributed by atoms with Crippen molar-refractivity contribution in [1.29, 1.82) is 0 Å². The van der Waals surface area contributed by atoms with Gasteiger partial charge in [0.2, 0.25) is 0 Å². The van der Waals surface area contributed by atoms with E-state index in [2.05, 4.69) is 0 Å². The van der Waals surface area contributed by atoms with Crippen LogP contribution in [-0.2, 0) is 11.3 Å². The second kappa shape index (κ2) is 9.24. The molecule has 1 fully saturated rings. The van der Waals surface area contributed by atoms with Gasteiger partial charge >= 0.3 is 5.97 Å². The van der Waals surface area contributed by atoms with Crippen molar-refractivity contribution in [2.45, 2.75) is 6.54 Å². The monoisotopic (exact) mass is 449 g/mol. The van der Waals surface area contributed by atoms with E-state index < -0.39 is 11.8 Å². The van der Waals surface area contributed by atoms with Gasteiger partial charge in [0.15, 0.2) is 0 Å². The molecule has 1 aliphatic rings. The quantitative estimate of drug-likeness (QED) is 0.224. The number of ether oxygens (including phenoxy) is 1. The van der Waals surface area contributed by atoms with Crippen LogP contribution in [0.25, 0.3) is 6.08 Å². The van der Waals surface area contributed by atoms with Crippen LogP contribution in [0.5, 0.6) is 5.75 Å². The van der Waals surface area contributed by atoms with E-state index in [1.807, 2.05) is 30.3 Å². The fourth-order valence-electron chi connectivity index (χ4n) is 2.97. The Morgan fingerprint density at radius 1 is 1.03 bits per heavy atom. The summed E-state index contributed by atoms with van der Waals surface area (Å²) in [4.78, 5) is 27.2. The summed E-state index contributed by atoms with van der Waals surface area (Å²) in [6.45, 7) is 0.415. The minimum absolute atomic E-state index is 0.160. The molecule has 1 heterocycles. The number of benzene rings is 3. The van der Waals surface area contributed by atoms with Crippen LogP contribution in [0.15, 0.2) is 83.8 Å². The smallest absolute Gasteiger partial charge is 0.343 e. The number of thiocarbonyl (C=S) groups is 1. The molecule has 31 heavy (non-hydrogen) atoms. The van der Waals surface area contributed by atoms with Gasteiger partial charge < -0.3 is 4.74 Å². The molecule has 0 aromatic heterocycles. The molecule has 4 nitrogen and oxygen atoms in total. The van der Waals surface area contributed by atoms with Gasteiger partial charge in [-0.1, -0.05) is 66.4 Å². The number of amides is 1. The van der Waals surface area contributed by atoms with Crippen molar-refractivity contribution in [2.75, 3.05) is 0 Å². The Morgan fingerprint density at radius 3 is 2.52 bits per heavy atom. The summed E-state index contributed by atoms with van der Waals surface area (Å²) in [7, 11) is 0. The molecule has 0 saturated carbocycles. The van der Waals surface area contributed by atoms with E-state index in [-0.39, 0.29) is 11.5 Å². The van der Waals surface area contributed by atoms with Gasteiger partial charge in [-0.2, -0.15) is 0 Å². The average Bonchev–Trinajstić information content (AvgIpc) is 3.02. The zero-order chi connectivity index (χ0) is 21.8. The number of thioether (sulfide) groups is 1. The zero-order valence-electron chi connectivity index (χ0n) is 16.2. The van der Waals surface area contributed by atoms with E-state index in [9.17, 15) is 14.0 Å². The number of halogens is 1. The molecule has 3 aromatic rings. The fraction of sp³-hybridized carbons (Fsp3) is 0.0417. The molecular weight excluding hydrogens is 433 g/mol. The number of carbonyl (C=O) groups is 2. The molecule has 1 amide bonds. The average molecular weight is 450 g/mol. The van der Waals surface area contributed by atoms with Crippen molar-refractivity contribution in [3.8, 4) is 5.75 Å². The molecule has 154 valence electrons. The van der Waals surface area contributed by atoms with Gasteiger partial charge in [0.1, 0.15) is 15.9 Å². The van der Waals surface area contributed by atoms with Crippen molar-refractivity contribution < 1.29 is 18.7 Å². The minimum Gasteiger partial charge on any atom is -0.423 e. The van der Waals surface area contributed by atoms with Crippen LogP contribution in [0, 0.1) is 5.82 Å². The zero-order valence-corrected chi connectivity index (χ0v) is 17.8. The van der Waals surface area contributed by atoms with Gasteiger partial charge in [0, 0.05) is 0 Å². The van der Waals surface area contributed by atoms with E-state index in [1.54, 1.807) is 35.2 Å². The van der Waals surface area contributed by atoms with E-state index in [0.717, 1.165) is 5.56 Å². The number of esters is 1. The lowest BCUT2D eigenvalue weighted by Gasteiger charge is -2.14. The van der Waals surface area contributed by atoms with Crippen molar-refractivity contribution in [1.82, 2.24) is 4.90 Å². The normalized spacial score (nSPS) is 14.9. The highest BCUT2D eigenvalue weighted by atomic mass is 32.2. The molecular formula is C24H16FNO3S2. The standard InChI is InChI=1S/C24H16FNO3S2/c25-19-11-9-18(10-12-19)23(28)29-20-8-4-7-17(13-20)14-21-22(27)26(24(30)31-21)15-16-5-2-1-3-6-16/h1-14H,15H2. The summed E-state index contributed by atoms with van der Waals surface area (Å²) in [6.07, 6.45) is 1.72. The number of rotatable bonds is 5. The Labute approximate surface area is 188 Å². The number of hydrogen-bond donors (Lipinski definition) is 0. The largest absolute Gasteiger partial charge is 0.423 e. The Balaban J connectivity index is 1.49. The van der Waals surface area contributed by atoms with E-state index >= 15 is 0 Å². The molecule has 3 aromatic carbocycles. The van der Waals surface area contributed by atoms with Crippen molar-refractivity contribution in [3.05, 3.63) is 106 Å². The van der Waals surface area contributed by atoms with Gasteiger partial charge in [-0.3, -0.25) is 9.69 Å². The van der Waals surface area contributed by atoms with Crippen LogP contribution in [0.2, 0.25) is 0 Å². The van der Waals surface area contributed by atoms with E-state index in [1.165, 1.54) is 36.0 Å².